The molecule has 20 heavy (non-hydrogen) atoms. The first-order valence-corrected chi connectivity index (χ1v) is 6.55. The fourth-order valence-corrected chi connectivity index (χ4v) is 2.12. The lowest BCUT2D eigenvalue weighted by molar-refractivity contribution is 0.103. The Labute approximate surface area is 119 Å². The van der Waals surface area contributed by atoms with E-state index < -0.39 is 0 Å². The summed E-state index contributed by atoms with van der Waals surface area (Å²) >= 11 is 0. The number of hydrogen-bond donors (Lipinski definition) is 0. The molecule has 0 saturated heterocycles. The van der Waals surface area contributed by atoms with Gasteiger partial charge in [-0.25, -0.2) is 0 Å². The van der Waals surface area contributed by atoms with Gasteiger partial charge in [0.15, 0.2) is 5.78 Å². The van der Waals surface area contributed by atoms with Crippen LogP contribution in [0.2, 0.25) is 0 Å². The SMILES string of the molecule is C=C(C)/C=C(\C(=C)C)C(=O)c1ccc2ccccc2c1. The number of benzene rings is 2. The predicted octanol–water partition coefficient (Wildman–Crippen LogP) is 5.10. The zero-order chi connectivity index (χ0) is 14.7. The first-order chi connectivity index (χ1) is 9.49. The maximum Gasteiger partial charge on any atom is 0.193 e. The molecule has 100 valence electrons. The van der Waals surface area contributed by atoms with Crippen LogP contribution in [-0.4, -0.2) is 5.78 Å². The van der Waals surface area contributed by atoms with Crippen LogP contribution in [0.4, 0.5) is 0 Å². The lowest BCUT2D eigenvalue weighted by Crippen LogP contribution is -2.04. The van der Waals surface area contributed by atoms with Gasteiger partial charge in [0.05, 0.1) is 0 Å². The first-order valence-electron chi connectivity index (χ1n) is 6.55. The standard InChI is InChI=1S/C19H18O/c1-13(2)11-18(14(3)4)19(20)17-10-9-15-7-5-6-8-16(15)12-17/h5-12H,1,3H2,2,4H3/b18-11+. The second-order valence-corrected chi connectivity index (χ2v) is 5.08. The van der Waals surface area contributed by atoms with E-state index in [4.69, 9.17) is 0 Å². The maximum atomic E-state index is 12.6. The van der Waals surface area contributed by atoms with Crippen molar-refractivity contribution >= 4 is 16.6 Å². The van der Waals surface area contributed by atoms with Gasteiger partial charge in [0, 0.05) is 11.1 Å². The number of rotatable bonds is 4. The van der Waals surface area contributed by atoms with Crippen LogP contribution in [-0.2, 0) is 0 Å². The van der Waals surface area contributed by atoms with E-state index in [1.165, 1.54) is 0 Å². The van der Waals surface area contributed by atoms with Crippen LogP contribution < -0.4 is 0 Å². The van der Waals surface area contributed by atoms with Crippen molar-refractivity contribution in [2.75, 3.05) is 0 Å². The van der Waals surface area contributed by atoms with Gasteiger partial charge in [0.1, 0.15) is 0 Å². The quantitative estimate of drug-likeness (QED) is 0.425. The van der Waals surface area contributed by atoms with Crippen LogP contribution in [0, 0.1) is 0 Å². The third kappa shape index (κ3) is 2.94. The Morgan fingerprint density at radius 3 is 2.25 bits per heavy atom. The lowest BCUT2D eigenvalue weighted by atomic mass is 9.95. The zero-order valence-corrected chi connectivity index (χ0v) is 11.9. The summed E-state index contributed by atoms with van der Waals surface area (Å²) in [6, 6.07) is 13.8. The van der Waals surface area contributed by atoms with Crippen molar-refractivity contribution in [3.8, 4) is 0 Å². The molecule has 0 amide bonds. The van der Waals surface area contributed by atoms with Gasteiger partial charge in [0.25, 0.3) is 0 Å². The average Bonchev–Trinajstić information content (AvgIpc) is 2.43. The lowest BCUT2D eigenvalue weighted by Gasteiger charge is -2.08. The van der Waals surface area contributed by atoms with E-state index in [1.54, 1.807) is 6.08 Å². The Bertz CT molecular complexity index is 732. The molecule has 0 aliphatic rings. The summed E-state index contributed by atoms with van der Waals surface area (Å²) in [5, 5.41) is 2.19. The molecule has 1 heteroatoms. The molecule has 2 aromatic rings. The van der Waals surface area contributed by atoms with Crippen LogP contribution in [0.15, 0.2) is 78.4 Å². The highest BCUT2D eigenvalue weighted by atomic mass is 16.1. The number of hydrogen-bond acceptors (Lipinski definition) is 1. The van der Waals surface area contributed by atoms with Gasteiger partial charge < -0.3 is 0 Å². The number of ketones is 1. The van der Waals surface area contributed by atoms with Crippen LogP contribution >= 0.6 is 0 Å². The summed E-state index contributed by atoms with van der Waals surface area (Å²) in [6.07, 6.45) is 1.79. The van der Waals surface area contributed by atoms with Crippen molar-refractivity contribution in [2.24, 2.45) is 0 Å². The number of fused-ring (bicyclic) bond motifs is 1. The van der Waals surface area contributed by atoms with E-state index in [0.29, 0.717) is 11.1 Å². The van der Waals surface area contributed by atoms with E-state index in [1.807, 2.05) is 56.3 Å². The molecule has 0 aliphatic carbocycles. The van der Waals surface area contributed by atoms with Crippen LogP contribution in [0.1, 0.15) is 24.2 Å². The molecule has 2 aromatic carbocycles. The van der Waals surface area contributed by atoms with Gasteiger partial charge in [-0.05, 0) is 42.3 Å². The molecule has 0 N–H and O–H groups in total. The van der Waals surface area contributed by atoms with Gasteiger partial charge in [-0.2, -0.15) is 0 Å². The van der Waals surface area contributed by atoms with Crippen molar-refractivity contribution in [3.05, 3.63) is 84.0 Å². The minimum Gasteiger partial charge on any atom is -0.289 e. The van der Waals surface area contributed by atoms with Crippen molar-refractivity contribution < 1.29 is 4.79 Å². The molecule has 2 rings (SSSR count). The van der Waals surface area contributed by atoms with Gasteiger partial charge in [0.2, 0.25) is 0 Å². The Balaban J connectivity index is 2.49. The summed E-state index contributed by atoms with van der Waals surface area (Å²) in [5.41, 5.74) is 2.90. The monoisotopic (exact) mass is 262 g/mol. The summed E-state index contributed by atoms with van der Waals surface area (Å²) in [6.45, 7) is 11.4. The largest absolute Gasteiger partial charge is 0.289 e. The molecule has 0 aromatic heterocycles. The van der Waals surface area contributed by atoms with Gasteiger partial charge in [-0.1, -0.05) is 55.1 Å². The number of Topliss-reactive ketones (excluding diaryl/α,β-unsaturated/α-hetero) is 1. The molecule has 0 radical (unpaired) electrons. The number of carbonyl (C=O) groups is 1. The van der Waals surface area contributed by atoms with E-state index in [-0.39, 0.29) is 5.78 Å². The normalized spacial score (nSPS) is 11.4. The molecular weight excluding hydrogens is 244 g/mol. The minimum atomic E-state index is -0.00810. The van der Waals surface area contributed by atoms with Crippen molar-refractivity contribution in [1.29, 1.82) is 0 Å². The summed E-state index contributed by atoms with van der Waals surface area (Å²) < 4.78 is 0. The topological polar surface area (TPSA) is 17.1 Å². The van der Waals surface area contributed by atoms with Crippen molar-refractivity contribution in [1.82, 2.24) is 0 Å². The molecule has 0 saturated carbocycles. The molecule has 0 bridgehead atoms. The molecule has 0 heterocycles. The van der Waals surface area contributed by atoms with Gasteiger partial charge >= 0.3 is 0 Å². The Kier molecular flexibility index (Phi) is 3.99. The van der Waals surface area contributed by atoms with Crippen molar-refractivity contribution in [2.45, 2.75) is 13.8 Å². The molecule has 0 aliphatic heterocycles. The molecule has 0 unspecified atom stereocenters. The molecule has 1 nitrogen and oxygen atoms in total. The third-order valence-corrected chi connectivity index (χ3v) is 3.11. The number of allylic oxidation sites excluding steroid dienone is 4. The fraction of sp³-hybridized carbons (Fsp3) is 0.105. The predicted molar refractivity (Wildman–Crippen MR) is 86.0 cm³/mol. The second kappa shape index (κ2) is 5.70. The Morgan fingerprint density at radius 1 is 1.00 bits per heavy atom. The van der Waals surface area contributed by atoms with Gasteiger partial charge in [-0.3, -0.25) is 4.79 Å². The number of carbonyl (C=O) groups excluding carboxylic acids is 1. The Morgan fingerprint density at radius 2 is 1.65 bits per heavy atom. The van der Waals surface area contributed by atoms with Gasteiger partial charge in [-0.15, -0.1) is 0 Å². The average molecular weight is 262 g/mol. The smallest absolute Gasteiger partial charge is 0.193 e. The minimum absolute atomic E-state index is 0.00810. The third-order valence-electron chi connectivity index (χ3n) is 3.11. The molecule has 0 atom stereocenters. The molecule has 0 spiro atoms. The van der Waals surface area contributed by atoms with Crippen LogP contribution in [0.3, 0.4) is 0 Å². The summed E-state index contributed by atoms with van der Waals surface area (Å²) in [7, 11) is 0. The molecule has 0 fully saturated rings. The fourth-order valence-electron chi connectivity index (χ4n) is 2.12. The molecular formula is C19H18O. The van der Waals surface area contributed by atoms with Crippen LogP contribution in [0.5, 0.6) is 0 Å². The van der Waals surface area contributed by atoms with Crippen molar-refractivity contribution in [3.63, 3.8) is 0 Å². The van der Waals surface area contributed by atoms with E-state index >= 15 is 0 Å². The highest BCUT2D eigenvalue weighted by Gasteiger charge is 2.13. The summed E-state index contributed by atoms with van der Waals surface area (Å²) in [4.78, 5) is 12.6. The highest BCUT2D eigenvalue weighted by molar-refractivity contribution is 6.13. The van der Waals surface area contributed by atoms with E-state index in [2.05, 4.69) is 13.2 Å². The highest BCUT2D eigenvalue weighted by Crippen LogP contribution is 2.21. The van der Waals surface area contributed by atoms with E-state index in [9.17, 15) is 4.79 Å². The van der Waals surface area contributed by atoms with Crippen LogP contribution in [0.25, 0.3) is 10.8 Å². The zero-order valence-electron chi connectivity index (χ0n) is 11.9. The first kappa shape index (κ1) is 14.0. The van der Waals surface area contributed by atoms with E-state index in [0.717, 1.165) is 21.9 Å². The maximum absolute atomic E-state index is 12.6. The summed E-state index contributed by atoms with van der Waals surface area (Å²) in [5.74, 6) is -0.00810. The Hall–Kier alpha value is -2.41. The second-order valence-electron chi connectivity index (χ2n) is 5.08.